The third-order valence-corrected chi connectivity index (χ3v) is 5.70. The highest BCUT2D eigenvalue weighted by Crippen LogP contribution is 2.44. The maximum Gasteiger partial charge on any atom is 0.182 e. The van der Waals surface area contributed by atoms with Crippen LogP contribution in [0.15, 0.2) is 6.07 Å². The van der Waals surface area contributed by atoms with Gasteiger partial charge in [0, 0.05) is 29.7 Å². The first-order valence-corrected chi connectivity index (χ1v) is 9.28. The van der Waals surface area contributed by atoms with E-state index in [-0.39, 0.29) is 28.4 Å². The lowest BCUT2D eigenvalue weighted by Gasteiger charge is -2.28. The number of fused-ring (bicyclic) bond motifs is 1. The van der Waals surface area contributed by atoms with E-state index in [4.69, 9.17) is 21.1 Å². The van der Waals surface area contributed by atoms with Gasteiger partial charge in [0.25, 0.3) is 0 Å². The van der Waals surface area contributed by atoms with Crippen molar-refractivity contribution in [1.82, 2.24) is 0 Å². The van der Waals surface area contributed by atoms with Gasteiger partial charge in [-0.1, -0.05) is 11.6 Å². The molecule has 1 fully saturated rings. The molecule has 26 heavy (non-hydrogen) atoms. The predicted octanol–water partition coefficient (Wildman–Crippen LogP) is 3.74. The summed E-state index contributed by atoms with van der Waals surface area (Å²) in [6.45, 7) is 1.28. The van der Waals surface area contributed by atoms with Crippen molar-refractivity contribution >= 4 is 29.0 Å². The van der Waals surface area contributed by atoms with E-state index in [1.807, 2.05) is 0 Å². The third-order valence-electron chi connectivity index (χ3n) is 5.29. The van der Waals surface area contributed by atoms with Crippen LogP contribution in [-0.4, -0.2) is 31.6 Å². The molecule has 0 saturated heterocycles. The maximum atomic E-state index is 13.1. The molecule has 2 unspecified atom stereocenters. The maximum absolute atomic E-state index is 13.1. The molecule has 2 aliphatic carbocycles. The van der Waals surface area contributed by atoms with E-state index < -0.39 is 17.5 Å². The van der Waals surface area contributed by atoms with Crippen molar-refractivity contribution in [3.8, 4) is 5.75 Å². The number of ketones is 3. The van der Waals surface area contributed by atoms with E-state index in [1.165, 1.54) is 14.0 Å². The first-order chi connectivity index (χ1) is 12.4. The Labute approximate surface area is 158 Å². The van der Waals surface area contributed by atoms with E-state index in [0.29, 0.717) is 5.75 Å². The quantitative estimate of drug-likeness (QED) is 0.534. The van der Waals surface area contributed by atoms with Gasteiger partial charge in [-0.05, 0) is 45.1 Å². The van der Waals surface area contributed by atoms with Crippen molar-refractivity contribution in [2.45, 2.75) is 45.1 Å². The average molecular weight is 379 g/mol. The minimum absolute atomic E-state index is 0.167. The van der Waals surface area contributed by atoms with Crippen LogP contribution in [0.2, 0.25) is 5.02 Å². The van der Waals surface area contributed by atoms with Crippen molar-refractivity contribution in [3.63, 3.8) is 0 Å². The van der Waals surface area contributed by atoms with Crippen molar-refractivity contribution in [2.24, 2.45) is 11.8 Å². The standard InChI is InChI=1S/C20H23ClO5/c1-10(22)16(19(23)11-7-8-11)20(24)13-9-15(26-3)12-5-4-6-14(25-2)17(12)18(13)21/h9,11,14,16H,4-8H2,1-3H3. The normalized spacial score (nSPS) is 20.2. The Morgan fingerprint density at radius 2 is 1.88 bits per heavy atom. The summed E-state index contributed by atoms with van der Waals surface area (Å²) in [5.41, 5.74) is 1.84. The smallest absolute Gasteiger partial charge is 0.182 e. The molecule has 3 rings (SSSR count). The van der Waals surface area contributed by atoms with Gasteiger partial charge in [-0.3, -0.25) is 14.4 Å². The molecule has 6 heteroatoms. The molecule has 0 N–H and O–H groups in total. The number of halogens is 1. The third kappa shape index (κ3) is 3.30. The summed E-state index contributed by atoms with van der Waals surface area (Å²) in [4.78, 5) is 37.7. The van der Waals surface area contributed by atoms with Gasteiger partial charge >= 0.3 is 0 Å². The van der Waals surface area contributed by atoms with E-state index in [0.717, 1.165) is 43.2 Å². The average Bonchev–Trinajstić information content (AvgIpc) is 3.46. The van der Waals surface area contributed by atoms with Gasteiger partial charge in [-0.15, -0.1) is 0 Å². The highest BCUT2D eigenvalue weighted by Gasteiger charge is 2.42. The van der Waals surface area contributed by atoms with Crippen LogP contribution in [0, 0.1) is 11.8 Å². The topological polar surface area (TPSA) is 69.7 Å². The van der Waals surface area contributed by atoms with Crippen molar-refractivity contribution in [1.29, 1.82) is 0 Å². The zero-order chi connectivity index (χ0) is 19.0. The largest absolute Gasteiger partial charge is 0.496 e. The zero-order valence-electron chi connectivity index (χ0n) is 15.3. The molecule has 0 bridgehead atoms. The summed E-state index contributed by atoms with van der Waals surface area (Å²) in [6.07, 6.45) is 3.75. The number of ether oxygens (including phenoxy) is 2. The molecule has 0 heterocycles. The zero-order valence-corrected chi connectivity index (χ0v) is 16.0. The second-order valence-electron chi connectivity index (χ2n) is 7.03. The lowest BCUT2D eigenvalue weighted by atomic mass is 9.83. The molecule has 1 aromatic rings. The Kier molecular flexibility index (Phi) is 5.49. The van der Waals surface area contributed by atoms with E-state index in [2.05, 4.69) is 0 Å². The lowest BCUT2D eigenvalue weighted by Crippen LogP contribution is -2.32. The SMILES string of the molecule is COc1cc(C(=O)C(C(C)=O)C(=O)C2CC2)c(Cl)c2c1CCCC2OC. The number of hydrogen-bond donors (Lipinski definition) is 0. The van der Waals surface area contributed by atoms with Crippen LogP contribution in [0.5, 0.6) is 5.75 Å². The van der Waals surface area contributed by atoms with E-state index >= 15 is 0 Å². The summed E-state index contributed by atoms with van der Waals surface area (Å²) in [6, 6.07) is 1.57. The summed E-state index contributed by atoms with van der Waals surface area (Å²) < 4.78 is 11.0. The summed E-state index contributed by atoms with van der Waals surface area (Å²) in [5.74, 6) is -2.19. The molecular weight excluding hydrogens is 356 g/mol. The fraction of sp³-hybridized carbons (Fsp3) is 0.550. The second kappa shape index (κ2) is 7.49. The molecule has 140 valence electrons. The number of hydrogen-bond acceptors (Lipinski definition) is 5. The Morgan fingerprint density at radius 3 is 2.42 bits per heavy atom. The predicted molar refractivity (Wildman–Crippen MR) is 96.9 cm³/mol. The van der Waals surface area contributed by atoms with Crippen LogP contribution in [0.25, 0.3) is 0 Å². The minimum Gasteiger partial charge on any atom is -0.496 e. The first kappa shape index (κ1) is 19.1. The minimum atomic E-state index is -1.28. The van der Waals surface area contributed by atoms with Crippen LogP contribution in [0.1, 0.15) is 60.2 Å². The Bertz CT molecular complexity index is 766. The fourth-order valence-electron chi connectivity index (χ4n) is 3.76. The second-order valence-corrected chi connectivity index (χ2v) is 7.41. The van der Waals surface area contributed by atoms with Crippen LogP contribution in [-0.2, 0) is 20.7 Å². The Balaban J connectivity index is 2.10. The number of benzene rings is 1. The van der Waals surface area contributed by atoms with E-state index in [1.54, 1.807) is 13.2 Å². The van der Waals surface area contributed by atoms with Crippen molar-refractivity contribution in [2.75, 3.05) is 14.2 Å². The Morgan fingerprint density at radius 1 is 1.19 bits per heavy atom. The van der Waals surface area contributed by atoms with Gasteiger partial charge in [0.05, 0.1) is 18.2 Å². The van der Waals surface area contributed by atoms with Gasteiger partial charge in [0.2, 0.25) is 0 Å². The molecule has 5 nitrogen and oxygen atoms in total. The molecule has 0 aromatic heterocycles. The molecule has 2 aliphatic rings. The number of carbonyl (C=O) groups excluding carboxylic acids is 3. The highest BCUT2D eigenvalue weighted by atomic mass is 35.5. The number of carbonyl (C=O) groups is 3. The number of methoxy groups -OCH3 is 2. The molecular formula is C20H23ClO5. The summed E-state index contributed by atoms with van der Waals surface area (Å²) in [5, 5.41) is 0.271. The van der Waals surface area contributed by atoms with Crippen molar-refractivity contribution < 1.29 is 23.9 Å². The first-order valence-electron chi connectivity index (χ1n) is 8.91. The molecule has 0 amide bonds. The highest BCUT2D eigenvalue weighted by molar-refractivity contribution is 6.37. The number of rotatable bonds is 7. The summed E-state index contributed by atoms with van der Waals surface area (Å²) >= 11 is 6.59. The van der Waals surface area contributed by atoms with Gasteiger partial charge in [-0.2, -0.15) is 0 Å². The molecule has 0 aliphatic heterocycles. The van der Waals surface area contributed by atoms with Crippen LogP contribution < -0.4 is 4.74 Å². The molecule has 1 saturated carbocycles. The van der Waals surface area contributed by atoms with E-state index in [9.17, 15) is 14.4 Å². The summed E-state index contributed by atoms with van der Waals surface area (Å²) in [7, 11) is 3.14. The van der Waals surface area contributed by atoms with Gasteiger partial charge in [-0.25, -0.2) is 0 Å². The fourth-order valence-corrected chi connectivity index (χ4v) is 4.15. The molecule has 2 atom stereocenters. The van der Waals surface area contributed by atoms with Gasteiger partial charge < -0.3 is 9.47 Å². The number of Topliss-reactive ketones (excluding diaryl/α,β-unsaturated/α-hetero) is 3. The molecule has 0 radical (unpaired) electrons. The van der Waals surface area contributed by atoms with Crippen LogP contribution in [0.4, 0.5) is 0 Å². The van der Waals surface area contributed by atoms with Gasteiger partial charge in [0.15, 0.2) is 11.6 Å². The van der Waals surface area contributed by atoms with Crippen LogP contribution >= 0.6 is 11.6 Å². The monoisotopic (exact) mass is 378 g/mol. The van der Waals surface area contributed by atoms with Gasteiger partial charge in [0.1, 0.15) is 17.5 Å². The Hall–Kier alpha value is -1.72. The van der Waals surface area contributed by atoms with Crippen LogP contribution in [0.3, 0.4) is 0 Å². The lowest BCUT2D eigenvalue weighted by molar-refractivity contribution is -0.130. The molecule has 0 spiro atoms. The molecule has 1 aromatic carbocycles. The van der Waals surface area contributed by atoms with Crippen molar-refractivity contribution in [3.05, 3.63) is 27.8 Å².